The number of carbonyl (C=O) groups excluding carboxylic acids is 2. The predicted molar refractivity (Wildman–Crippen MR) is 160 cm³/mol. The van der Waals surface area contributed by atoms with Crippen LogP contribution in [0, 0.1) is 5.92 Å². The van der Waals surface area contributed by atoms with Gasteiger partial charge in [-0.2, -0.15) is 0 Å². The molecule has 1 aliphatic rings. The number of anilines is 2. The zero-order valence-corrected chi connectivity index (χ0v) is 24.4. The predicted octanol–water partition coefficient (Wildman–Crippen LogP) is 5.14. The summed E-state index contributed by atoms with van der Waals surface area (Å²) in [6, 6.07) is 15.4. The van der Waals surface area contributed by atoms with Gasteiger partial charge in [0.25, 0.3) is 5.91 Å². The lowest BCUT2D eigenvalue weighted by atomic mass is 9.99. The van der Waals surface area contributed by atoms with Crippen LogP contribution in [0.15, 0.2) is 48.5 Å². The molecule has 1 aliphatic heterocycles. The van der Waals surface area contributed by atoms with Crippen molar-refractivity contribution in [1.29, 1.82) is 0 Å². The standard InChI is InChI=1S/C32H48N4O3/c1-22(2)11-9-12-24(5)33-21-30(37)29(17-25-13-7-6-8-14-25)35-32(39)26-18-27(34-23(3)4)20-28(19-26)36-16-10-15-31(36)38/h6-8,13-14,18-20,22-24,29-30,33-34,37H,9-12,15-17,21H2,1-5H3,(H,35,39)/t24-,29?,30+/m0/s1. The number of carbonyl (C=O) groups is 2. The SMILES string of the molecule is CC(C)CCC[C@H](C)NC[C@@H](O)C(Cc1ccccc1)NC(=O)c1cc(NC(C)C)cc(N2CCCC2=O)c1. The van der Waals surface area contributed by atoms with E-state index in [4.69, 9.17) is 0 Å². The Labute approximate surface area is 234 Å². The number of amides is 2. The van der Waals surface area contributed by atoms with Crippen LogP contribution in [0.1, 0.15) is 82.6 Å². The van der Waals surface area contributed by atoms with Gasteiger partial charge in [0.15, 0.2) is 0 Å². The van der Waals surface area contributed by atoms with Crippen molar-refractivity contribution < 1.29 is 14.7 Å². The van der Waals surface area contributed by atoms with Crippen LogP contribution >= 0.6 is 0 Å². The van der Waals surface area contributed by atoms with Crippen LogP contribution in [-0.2, 0) is 11.2 Å². The van der Waals surface area contributed by atoms with Gasteiger partial charge in [-0.3, -0.25) is 9.59 Å². The first-order valence-electron chi connectivity index (χ1n) is 14.6. The van der Waals surface area contributed by atoms with E-state index >= 15 is 0 Å². The molecule has 0 bridgehead atoms. The molecule has 2 amide bonds. The second-order valence-electron chi connectivity index (χ2n) is 11.7. The van der Waals surface area contributed by atoms with Gasteiger partial charge >= 0.3 is 0 Å². The normalized spacial score (nSPS) is 16.0. The minimum absolute atomic E-state index is 0.0778. The quantitative estimate of drug-likeness (QED) is 0.253. The topological polar surface area (TPSA) is 93.7 Å². The molecule has 1 saturated heterocycles. The number of aliphatic hydroxyl groups is 1. The average molecular weight is 537 g/mol. The van der Waals surface area contributed by atoms with Crippen molar-refractivity contribution in [2.24, 2.45) is 5.92 Å². The van der Waals surface area contributed by atoms with Crippen molar-refractivity contribution in [2.75, 3.05) is 23.3 Å². The highest BCUT2D eigenvalue weighted by molar-refractivity contribution is 6.00. The maximum atomic E-state index is 13.6. The van der Waals surface area contributed by atoms with Crippen molar-refractivity contribution in [3.63, 3.8) is 0 Å². The van der Waals surface area contributed by atoms with Gasteiger partial charge in [-0.25, -0.2) is 0 Å². The molecular weight excluding hydrogens is 488 g/mol. The van der Waals surface area contributed by atoms with Gasteiger partial charge in [-0.1, -0.05) is 57.0 Å². The van der Waals surface area contributed by atoms with Gasteiger partial charge < -0.3 is 26.0 Å². The lowest BCUT2D eigenvalue weighted by molar-refractivity contribution is -0.117. The van der Waals surface area contributed by atoms with Crippen molar-refractivity contribution in [1.82, 2.24) is 10.6 Å². The fourth-order valence-electron chi connectivity index (χ4n) is 5.04. The third kappa shape index (κ3) is 9.97. The highest BCUT2D eigenvalue weighted by atomic mass is 16.3. The summed E-state index contributed by atoms with van der Waals surface area (Å²) in [4.78, 5) is 27.8. The molecule has 0 saturated carbocycles. The Morgan fingerprint density at radius 3 is 2.41 bits per heavy atom. The number of nitrogens with zero attached hydrogens (tertiary/aromatic N) is 1. The van der Waals surface area contributed by atoms with Crippen molar-refractivity contribution in [3.8, 4) is 0 Å². The molecule has 2 aromatic carbocycles. The number of nitrogens with one attached hydrogen (secondary N) is 3. The van der Waals surface area contributed by atoms with E-state index in [0.717, 1.165) is 36.2 Å². The number of hydrogen-bond donors (Lipinski definition) is 4. The number of aliphatic hydroxyl groups excluding tert-OH is 1. The van der Waals surface area contributed by atoms with Crippen LogP contribution in [0.2, 0.25) is 0 Å². The summed E-state index contributed by atoms with van der Waals surface area (Å²) in [5, 5.41) is 21.2. The van der Waals surface area contributed by atoms with E-state index in [1.165, 1.54) is 6.42 Å². The molecule has 3 atom stereocenters. The Balaban J connectivity index is 1.76. The van der Waals surface area contributed by atoms with Crippen molar-refractivity contribution in [2.45, 2.75) is 97.4 Å². The van der Waals surface area contributed by atoms with Crippen LogP contribution < -0.4 is 20.9 Å². The molecular formula is C32H48N4O3. The first-order chi connectivity index (χ1) is 18.6. The Bertz CT molecular complexity index is 1060. The van der Waals surface area contributed by atoms with Crippen LogP contribution in [0.4, 0.5) is 11.4 Å². The van der Waals surface area contributed by atoms with Crippen LogP contribution in [0.3, 0.4) is 0 Å². The lowest BCUT2D eigenvalue weighted by Gasteiger charge is -2.27. The minimum atomic E-state index is -0.765. The Morgan fingerprint density at radius 1 is 1.03 bits per heavy atom. The molecule has 0 radical (unpaired) electrons. The third-order valence-electron chi connectivity index (χ3n) is 7.19. The van der Waals surface area contributed by atoms with Gasteiger partial charge in [-0.05, 0) is 69.7 Å². The van der Waals surface area contributed by atoms with E-state index < -0.39 is 12.1 Å². The first-order valence-corrected chi connectivity index (χ1v) is 14.6. The summed E-state index contributed by atoms with van der Waals surface area (Å²) in [6.07, 6.45) is 4.48. The lowest BCUT2D eigenvalue weighted by Crippen LogP contribution is -2.49. The molecule has 39 heavy (non-hydrogen) atoms. The van der Waals surface area contributed by atoms with Crippen LogP contribution in [-0.4, -0.2) is 54.2 Å². The maximum absolute atomic E-state index is 13.6. The summed E-state index contributed by atoms with van der Waals surface area (Å²) >= 11 is 0. The van der Waals surface area contributed by atoms with E-state index in [9.17, 15) is 14.7 Å². The summed E-state index contributed by atoms with van der Waals surface area (Å²) in [5.41, 5.74) is 3.04. The molecule has 0 aliphatic carbocycles. The first kappa shape index (κ1) is 30.6. The molecule has 0 spiro atoms. The molecule has 1 heterocycles. The molecule has 1 unspecified atom stereocenters. The van der Waals surface area contributed by atoms with Crippen molar-refractivity contribution in [3.05, 3.63) is 59.7 Å². The highest BCUT2D eigenvalue weighted by Crippen LogP contribution is 2.27. The van der Waals surface area contributed by atoms with Gasteiger partial charge in [0.1, 0.15) is 0 Å². The molecule has 214 valence electrons. The fourth-order valence-corrected chi connectivity index (χ4v) is 5.04. The Morgan fingerprint density at radius 2 is 1.77 bits per heavy atom. The minimum Gasteiger partial charge on any atom is -0.390 e. The van der Waals surface area contributed by atoms with Crippen LogP contribution in [0.5, 0.6) is 0 Å². The molecule has 2 aromatic rings. The van der Waals surface area contributed by atoms with E-state index in [-0.39, 0.29) is 23.9 Å². The molecule has 1 fully saturated rings. The second-order valence-corrected chi connectivity index (χ2v) is 11.7. The molecule has 7 heteroatoms. The highest BCUT2D eigenvalue weighted by Gasteiger charge is 2.26. The third-order valence-corrected chi connectivity index (χ3v) is 7.19. The summed E-state index contributed by atoms with van der Waals surface area (Å²) in [6.45, 7) is 11.7. The van der Waals surface area contributed by atoms with E-state index in [2.05, 4.69) is 36.7 Å². The average Bonchev–Trinajstić information content (AvgIpc) is 3.32. The monoisotopic (exact) mass is 536 g/mol. The number of hydrogen-bond acceptors (Lipinski definition) is 5. The number of benzene rings is 2. The van der Waals surface area contributed by atoms with E-state index in [0.29, 0.717) is 37.4 Å². The summed E-state index contributed by atoms with van der Waals surface area (Å²) in [7, 11) is 0. The summed E-state index contributed by atoms with van der Waals surface area (Å²) in [5.74, 6) is 0.501. The van der Waals surface area contributed by atoms with Gasteiger partial charge in [0, 0.05) is 48.5 Å². The Hall–Kier alpha value is -2.90. The van der Waals surface area contributed by atoms with Gasteiger partial charge in [0.05, 0.1) is 12.1 Å². The molecule has 7 nitrogen and oxygen atoms in total. The zero-order valence-electron chi connectivity index (χ0n) is 24.4. The fraction of sp³-hybridized carbons (Fsp3) is 0.562. The maximum Gasteiger partial charge on any atom is 0.251 e. The molecule has 4 N–H and O–H groups in total. The van der Waals surface area contributed by atoms with Gasteiger partial charge in [0.2, 0.25) is 5.91 Å². The molecule has 3 rings (SSSR count). The number of rotatable bonds is 15. The zero-order chi connectivity index (χ0) is 28.4. The Kier molecular flexibility index (Phi) is 11.8. The largest absolute Gasteiger partial charge is 0.390 e. The van der Waals surface area contributed by atoms with Crippen molar-refractivity contribution >= 4 is 23.2 Å². The van der Waals surface area contributed by atoms with Gasteiger partial charge in [-0.15, -0.1) is 0 Å². The smallest absolute Gasteiger partial charge is 0.251 e. The van der Waals surface area contributed by atoms with Crippen LogP contribution in [0.25, 0.3) is 0 Å². The summed E-state index contributed by atoms with van der Waals surface area (Å²) < 4.78 is 0. The van der Waals surface area contributed by atoms with E-state index in [1.54, 1.807) is 11.0 Å². The molecule has 0 aromatic heterocycles. The second kappa shape index (κ2) is 15.0. The van der Waals surface area contributed by atoms with E-state index in [1.807, 2.05) is 56.3 Å².